The molecule has 11 heteroatoms. The predicted octanol–water partition coefficient (Wildman–Crippen LogP) is 1.93. The molecule has 9 nitrogen and oxygen atoms in total. The number of nitriles is 1. The van der Waals surface area contributed by atoms with E-state index in [0.29, 0.717) is 29.6 Å². The van der Waals surface area contributed by atoms with Gasteiger partial charge in [0.2, 0.25) is 10.0 Å². The monoisotopic (exact) mass is 448 g/mol. The van der Waals surface area contributed by atoms with Crippen LogP contribution >= 0.6 is 11.8 Å². The first-order valence-corrected chi connectivity index (χ1v) is 11.6. The maximum absolute atomic E-state index is 12.8. The van der Waals surface area contributed by atoms with Crippen LogP contribution in [-0.2, 0) is 21.9 Å². The van der Waals surface area contributed by atoms with Crippen molar-refractivity contribution in [3.05, 3.63) is 35.5 Å². The first-order chi connectivity index (χ1) is 14.2. The molecule has 0 bridgehead atoms. The van der Waals surface area contributed by atoms with E-state index in [2.05, 4.69) is 10.2 Å². The Morgan fingerprint density at radius 3 is 2.53 bits per heavy atom. The first-order valence-electron chi connectivity index (χ1n) is 9.19. The van der Waals surface area contributed by atoms with E-state index in [0.717, 1.165) is 11.8 Å². The molecule has 0 atom stereocenters. The van der Waals surface area contributed by atoms with Crippen LogP contribution in [0.1, 0.15) is 20.8 Å². The molecule has 30 heavy (non-hydrogen) atoms. The summed E-state index contributed by atoms with van der Waals surface area (Å²) in [5.41, 5.74) is 6.25. The Balaban J connectivity index is 2.30. The van der Waals surface area contributed by atoms with Gasteiger partial charge in [-0.15, -0.1) is 10.2 Å². The predicted molar refractivity (Wildman–Crippen MR) is 115 cm³/mol. The quantitative estimate of drug-likeness (QED) is 0.349. The number of benzene rings is 1. The average Bonchev–Trinajstić information content (AvgIpc) is 3.08. The van der Waals surface area contributed by atoms with Crippen molar-refractivity contribution in [3.63, 3.8) is 0 Å². The van der Waals surface area contributed by atoms with Crippen molar-refractivity contribution in [1.29, 1.82) is 5.26 Å². The Morgan fingerprint density at radius 1 is 1.30 bits per heavy atom. The van der Waals surface area contributed by atoms with E-state index in [1.807, 2.05) is 6.07 Å². The number of nitrogens with zero attached hydrogens (tertiary/aromatic N) is 5. The lowest BCUT2D eigenvalue weighted by Gasteiger charge is -2.18. The van der Waals surface area contributed by atoms with Gasteiger partial charge in [-0.25, -0.2) is 8.42 Å². The van der Waals surface area contributed by atoms with Crippen LogP contribution in [0.2, 0.25) is 0 Å². The van der Waals surface area contributed by atoms with Crippen molar-refractivity contribution in [2.45, 2.75) is 30.8 Å². The largest absolute Gasteiger partial charge is 0.401 e. The third kappa shape index (κ3) is 4.89. The molecule has 0 fully saturated rings. The SMILES string of the molecule is CCN(CC)S(=O)(=O)c1cccc(-c2nnc(SCC(=O)/C(C#N)=C(\C)N)n2C)c1. The second-order valence-corrected chi connectivity index (χ2v) is 9.24. The summed E-state index contributed by atoms with van der Waals surface area (Å²) >= 11 is 1.13. The van der Waals surface area contributed by atoms with Crippen molar-refractivity contribution in [2.24, 2.45) is 12.8 Å². The molecule has 0 saturated carbocycles. The van der Waals surface area contributed by atoms with Crippen LogP contribution in [0.15, 0.2) is 45.6 Å². The topological polar surface area (TPSA) is 135 Å². The van der Waals surface area contributed by atoms with Gasteiger partial charge >= 0.3 is 0 Å². The lowest BCUT2D eigenvalue weighted by molar-refractivity contribution is -0.112. The molecule has 1 heterocycles. The van der Waals surface area contributed by atoms with Crippen LogP contribution in [0.5, 0.6) is 0 Å². The molecule has 0 radical (unpaired) electrons. The summed E-state index contributed by atoms with van der Waals surface area (Å²) in [5, 5.41) is 17.7. The molecule has 0 aliphatic carbocycles. The lowest BCUT2D eigenvalue weighted by atomic mass is 10.2. The van der Waals surface area contributed by atoms with E-state index < -0.39 is 10.0 Å². The van der Waals surface area contributed by atoms with Crippen LogP contribution in [0.25, 0.3) is 11.4 Å². The van der Waals surface area contributed by atoms with Crippen molar-refractivity contribution in [2.75, 3.05) is 18.8 Å². The Labute approximate surface area is 180 Å². The molecular weight excluding hydrogens is 424 g/mol. The molecule has 2 aromatic rings. The summed E-state index contributed by atoms with van der Waals surface area (Å²) < 4.78 is 28.6. The highest BCUT2D eigenvalue weighted by Gasteiger charge is 2.23. The van der Waals surface area contributed by atoms with Crippen molar-refractivity contribution in [3.8, 4) is 17.5 Å². The second-order valence-electron chi connectivity index (χ2n) is 6.36. The second kappa shape index (κ2) is 9.88. The van der Waals surface area contributed by atoms with Crippen molar-refractivity contribution >= 4 is 27.6 Å². The fourth-order valence-electron chi connectivity index (χ4n) is 2.77. The minimum atomic E-state index is -3.60. The number of sulfonamides is 1. The highest BCUT2D eigenvalue weighted by atomic mass is 32.2. The summed E-state index contributed by atoms with van der Waals surface area (Å²) in [6, 6.07) is 8.33. The average molecular weight is 449 g/mol. The Hall–Kier alpha value is -2.68. The van der Waals surface area contributed by atoms with Crippen molar-refractivity contribution < 1.29 is 13.2 Å². The molecule has 1 aromatic heterocycles. The maximum Gasteiger partial charge on any atom is 0.243 e. The smallest absolute Gasteiger partial charge is 0.243 e. The first kappa shape index (κ1) is 23.6. The third-order valence-corrected chi connectivity index (χ3v) is 7.45. The summed E-state index contributed by atoms with van der Waals surface area (Å²) in [4.78, 5) is 12.3. The Kier molecular flexibility index (Phi) is 7.77. The van der Waals surface area contributed by atoms with Gasteiger partial charge in [-0.2, -0.15) is 9.57 Å². The number of aromatic nitrogens is 3. The number of hydrogen-bond donors (Lipinski definition) is 1. The van der Waals surface area contributed by atoms with Gasteiger partial charge in [-0.3, -0.25) is 4.79 Å². The molecule has 0 spiro atoms. The number of ketones is 1. The molecular formula is C19H24N6O3S2. The normalized spacial score (nSPS) is 12.5. The zero-order valence-corrected chi connectivity index (χ0v) is 18.9. The van der Waals surface area contributed by atoms with Gasteiger partial charge in [-0.1, -0.05) is 37.7 Å². The Bertz CT molecular complexity index is 1110. The van der Waals surface area contributed by atoms with Gasteiger partial charge < -0.3 is 10.3 Å². The van der Waals surface area contributed by atoms with E-state index in [4.69, 9.17) is 11.0 Å². The molecule has 0 unspecified atom stereocenters. The van der Waals surface area contributed by atoms with Gasteiger partial charge in [0.15, 0.2) is 16.8 Å². The molecule has 0 saturated heterocycles. The van der Waals surface area contributed by atoms with E-state index in [1.54, 1.807) is 49.7 Å². The number of carbonyl (C=O) groups is 1. The highest BCUT2D eigenvalue weighted by Crippen LogP contribution is 2.26. The van der Waals surface area contributed by atoms with Gasteiger partial charge in [0.05, 0.1) is 10.6 Å². The summed E-state index contributed by atoms with van der Waals surface area (Å²) in [7, 11) is -1.88. The van der Waals surface area contributed by atoms with E-state index >= 15 is 0 Å². The highest BCUT2D eigenvalue weighted by molar-refractivity contribution is 7.99. The number of allylic oxidation sites excluding steroid dienone is 2. The summed E-state index contributed by atoms with van der Waals surface area (Å²) in [6.07, 6.45) is 0. The van der Waals surface area contributed by atoms with E-state index in [1.165, 1.54) is 11.2 Å². The number of hydrogen-bond acceptors (Lipinski definition) is 8. The van der Waals surface area contributed by atoms with Crippen molar-refractivity contribution in [1.82, 2.24) is 19.1 Å². The standard InChI is InChI=1S/C19H24N6O3S2/c1-5-25(6-2)30(27,28)15-9-7-8-14(10-15)18-22-23-19(24(18)4)29-12-17(26)16(11-20)13(3)21/h7-10H,5-6,12,21H2,1-4H3/b16-13+. The van der Waals surface area contributed by atoms with Crippen LogP contribution in [0.3, 0.4) is 0 Å². The fourth-order valence-corrected chi connectivity index (χ4v) is 5.06. The minimum Gasteiger partial charge on any atom is -0.401 e. The minimum absolute atomic E-state index is 0.0141. The molecule has 0 aliphatic rings. The summed E-state index contributed by atoms with van der Waals surface area (Å²) in [5.74, 6) is 0.0618. The van der Waals surface area contributed by atoms with Crippen LogP contribution in [0.4, 0.5) is 0 Å². The number of carbonyl (C=O) groups excluding carboxylic acids is 1. The Morgan fingerprint density at radius 2 is 1.97 bits per heavy atom. The molecule has 0 amide bonds. The van der Waals surface area contributed by atoms with E-state index in [-0.39, 0.29) is 27.7 Å². The van der Waals surface area contributed by atoms with Gasteiger partial charge in [-0.05, 0) is 19.1 Å². The molecule has 1 aromatic carbocycles. The summed E-state index contributed by atoms with van der Waals surface area (Å²) in [6.45, 7) is 5.84. The number of Topliss-reactive ketones (excluding diaryl/α,β-unsaturated/α-hetero) is 1. The molecule has 160 valence electrons. The molecule has 2 rings (SSSR count). The zero-order chi connectivity index (χ0) is 22.5. The number of rotatable bonds is 9. The van der Waals surface area contributed by atoms with E-state index in [9.17, 15) is 13.2 Å². The van der Waals surface area contributed by atoms with Gasteiger partial charge in [0.1, 0.15) is 11.6 Å². The molecule has 2 N–H and O–H groups in total. The lowest BCUT2D eigenvalue weighted by Crippen LogP contribution is -2.30. The fraction of sp³-hybridized carbons (Fsp3) is 0.368. The molecule has 0 aliphatic heterocycles. The number of nitrogens with two attached hydrogens (primary N) is 1. The van der Waals surface area contributed by atoms with Crippen LogP contribution in [0, 0.1) is 11.3 Å². The maximum atomic E-state index is 12.8. The van der Waals surface area contributed by atoms with Crippen LogP contribution in [-0.4, -0.2) is 52.1 Å². The van der Waals surface area contributed by atoms with Crippen LogP contribution < -0.4 is 5.73 Å². The van der Waals surface area contributed by atoms with Gasteiger partial charge in [0.25, 0.3) is 0 Å². The van der Waals surface area contributed by atoms with Gasteiger partial charge in [0, 0.05) is 31.4 Å². The third-order valence-electron chi connectivity index (χ3n) is 4.39. The zero-order valence-electron chi connectivity index (χ0n) is 17.3. The number of thioether (sulfide) groups is 1.